The van der Waals surface area contributed by atoms with Crippen molar-refractivity contribution >= 4 is 28.4 Å². The molecule has 0 heterocycles. The van der Waals surface area contributed by atoms with Gasteiger partial charge in [-0.1, -0.05) is 131 Å². The highest BCUT2D eigenvalue weighted by atomic mass is 15.1. The van der Waals surface area contributed by atoms with Gasteiger partial charge in [0.1, 0.15) is 0 Å². The van der Waals surface area contributed by atoms with Gasteiger partial charge in [0.15, 0.2) is 0 Å². The Morgan fingerprint density at radius 1 is 0.360 bits per heavy atom. The zero-order valence-electron chi connectivity index (χ0n) is 29.0. The second kappa shape index (κ2) is 11.4. The van der Waals surface area contributed by atoms with E-state index in [9.17, 15) is 0 Å². The van der Waals surface area contributed by atoms with Crippen molar-refractivity contribution in [3.63, 3.8) is 0 Å². The van der Waals surface area contributed by atoms with Crippen LogP contribution in [0.4, 0.5) is 28.4 Å². The smallest absolute Gasteiger partial charge is 0.0465 e. The molecule has 0 saturated heterocycles. The molecule has 2 heteroatoms. The summed E-state index contributed by atoms with van der Waals surface area (Å²) in [7, 11) is 0. The summed E-state index contributed by atoms with van der Waals surface area (Å²) in [4.78, 5) is 2.37. The molecule has 0 saturated carbocycles. The quantitative estimate of drug-likeness (QED) is 0.194. The molecule has 0 unspecified atom stereocenters. The molecule has 2 nitrogen and oxygen atoms in total. The van der Waals surface area contributed by atoms with E-state index < -0.39 is 0 Å². The van der Waals surface area contributed by atoms with Gasteiger partial charge in [-0.2, -0.15) is 0 Å². The van der Waals surface area contributed by atoms with Crippen molar-refractivity contribution in [1.29, 1.82) is 0 Å². The number of nitrogens with one attached hydrogen (secondary N) is 1. The van der Waals surface area contributed by atoms with E-state index in [1.807, 2.05) is 0 Å². The van der Waals surface area contributed by atoms with Crippen LogP contribution in [-0.2, 0) is 10.8 Å². The van der Waals surface area contributed by atoms with Crippen LogP contribution >= 0.6 is 0 Å². The first kappa shape index (κ1) is 30.2. The summed E-state index contributed by atoms with van der Waals surface area (Å²) in [5, 5.41) is 3.66. The van der Waals surface area contributed by atoms with E-state index in [-0.39, 0.29) is 10.8 Å². The maximum Gasteiger partial charge on any atom is 0.0465 e. The van der Waals surface area contributed by atoms with Gasteiger partial charge in [-0.05, 0) is 116 Å². The molecule has 0 amide bonds. The third-order valence-corrected chi connectivity index (χ3v) is 11.1. The Labute approximate surface area is 295 Å². The van der Waals surface area contributed by atoms with Crippen LogP contribution in [0.15, 0.2) is 164 Å². The fraction of sp³-hybridized carbons (Fsp3) is 0.125. The summed E-state index contributed by atoms with van der Waals surface area (Å²) in [6, 6.07) is 59.8. The number of fused-ring (bicyclic) bond motifs is 6. The van der Waals surface area contributed by atoms with Crippen molar-refractivity contribution in [1.82, 2.24) is 0 Å². The zero-order valence-corrected chi connectivity index (χ0v) is 29.0. The van der Waals surface area contributed by atoms with Gasteiger partial charge < -0.3 is 10.2 Å². The van der Waals surface area contributed by atoms with Crippen LogP contribution in [0.1, 0.15) is 49.9 Å². The molecule has 0 bridgehead atoms. The Kier molecular flexibility index (Phi) is 6.86. The molecule has 0 fully saturated rings. The molecule has 0 aromatic heterocycles. The second-order valence-corrected chi connectivity index (χ2v) is 14.8. The third-order valence-electron chi connectivity index (χ3n) is 11.1. The largest absolute Gasteiger partial charge is 0.356 e. The van der Waals surface area contributed by atoms with Crippen LogP contribution in [0.3, 0.4) is 0 Å². The SMILES string of the molecule is CC1(C)c2ccccc2-c2ccc(Nc3ccc(-c4ccc(N(c5ccccc5)c5ccc6c(c5)C(C)(C)c5ccccc5-6)cc4)cc3)cc21. The highest BCUT2D eigenvalue weighted by Gasteiger charge is 2.36. The normalized spacial score (nSPS) is 14.3. The van der Waals surface area contributed by atoms with Gasteiger partial charge in [0.05, 0.1) is 0 Å². The summed E-state index contributed by atoms with van der Waals surface area (Å²) in [5.74, 6) is 0. The molecule has 9 rings (SSSR count). The number of nitrogens with zero attached hydrogens (tertiary/aromatic N) is 1. The first-order valence-electron chi connectivity index (χ1n) is 17.6. The summed E-state index contributed by atoms with van der Waals surface area (Å²) in [5.41, 5.74) is 18.8. The van der Waals surface area contributed by atoms with Crippen molar-refractivity contribution < 1.29 is 0 Å². The molecule has 1 N–H and O–H groups in total. The second-order valence-electron chi connectivity index (χ2n) is 14.8. The minimum absolute atomic E-state index is 0.0152. The first-order chi connectivity index (χ1) is 24.3. The maximum absolute atomic E-state index is 3.66. The monoisotopic (exact) mass is 644 g/mol. The Morgan fingerprint density at radius 2 is 0.800 bits per heavy atom. The molecule has 0 atom stereocenters. The zero-order chi connectivity index (χ0) is 34.0. The van der Waals surface area contributed by atoms with E-state index in [0.717, 1.165) is 28.4 Å². The fourth-order valence-corrected chi connectivity index (χ4v) is 8.35. The molecule has 242 valence electrons. The van der Waals surface area contributed by atoms with E-state index in [1.54, 1.807) is 0 Å². The van der Waals surface area contributed by atoms with Crippen LogP contribution in [-0.4, -0.2) is 0 Å². The lowest BCUT2D eigenvalue weighted by Gasteiger charge is -2.28. The molecular weight excluding hydrogens is 605 g/mol. The van der Waals surface area contributed by atoms with Crippen LogP contribution in [0.25, 0.3) is 33.4 Å². The average molecular weight is 645 g/mol. The minimum Gasteiger partial charge on any atom is -0.356 e. The van der Waals surface area contributed by atoms with Crippen molar-refractivity contribution in [2.75, 3.05) is 10.2 Å². The summed E-state index contributed by atoms with van der Waals surface area (Å²) in [6.07, 6.45) is 0. The standard InChI is InChI=1S/C48H40N2/c1-47(2)43-16-10-8-14-39(43)41-28-24-35(30-45(41)47)49-34-22-18-32(19-23-34)33-20-25-37(26-21-33)50(36-12-6-5-7-13-36)38-27-29-42-40-15-9-11-17-44(40)48(3,4)46(42)31-38/h5-31,49H,1-4H3. The lowest BCUT2D eigenvalue weighted by atomic mass is 9.82. The molecule has 7 aromatic rings. The number of para-hydroxylation sites is 1. The van der Waals surface area contributed by atoms with Crippen molar-refractivity contribution in [3.8, 4) is 33.4 Å². The molecule has 50 heavy (non-hydrogen) atoms. The highest BCUT2D eigenvalue weighted by molar-refractivity contribution is 5.86. The Morgan fingerprint density at radius 3 is 1.42 bits per heavy atom. The van der Waals surface area contributed by atoms with Crippen LogP contribution in [0.5, 0.6) is 0 Å². The van der Waals surface area contributed by atoms with Crippen molar-refractivity contribution in [2.45, 2.75) is 38.5 Å². The predicted molar refractivity (Wildman–Crippen MR) is 211 cm³/mol. The number of rotatable bonds is 6. The third kappa shape index (κ3) is 4.78. The van der Waals surface area contributed by atoms with Crippen molar-refractivity contribution in [2.24, 2.45) is 0 Å². The van der Waals surface area contributed by atoms with Crippen LogP contribution in [0, 0.1) is 0 Å². The average Bonchev–Trinajstić information content (AvgIpc) is 3.52. The number of hydrogen-bond donors (Lipinski definition) is 1. The lowest BCUT2D eigenvalue weighted by Crippen LogP contribution is -2.16. The topological polar surface area (TPSA) is 15.3 Å². The Bertz CT molecular complexity index is 2380. The Balaban J connectivity index is 0.985. The van der Waals surface area contributed by atoms with E-state index in [0.29, 0.717) is 0 Å². The summed E-state index contributed by atoms with van der Waals surface area (Å²) >= 11 is 0. The van der Waals surface area contributed by atoms with Crippen molar-refractivity contribution in [3.05, 3.63) is 186 Å². The van der Waals surface area contributed by atoms with Gasteiger partial charge in [-0.15, -0.1) is 0 Å². The number of benzene rings is 7. The van der Waals surface area contributed by atoms with E-state index in [4.69, 9.17) is 0 Å². The number of anilines is 5. The van der Waals surface area contributed by atoms with Gasteiger partial charge in [0, 0.05) is 39.3 Å². The van der Waals surface area contributed by atoms with Gasteiger partial charge in [-0.3, -0.25) is 0 Å². The van der Waals surface area contributed by atoms with Crippen LogP contribution < -0.4 is 10.2 Å². The summed E-state index contributed by atoms with van der Waals surface area (Å²) < 4.78 is 0. The molecule has 0 spiro atoms. The van der Waals surface area contributed by atoms with E-state index >= 15 is 0 Å². The molecule has 2 aliphatic carbocycles. The maximum atomic E-state index is 3.66. The fourth-order valence-electron chi connectivity index (χ4n) is 8.35. The first-order valence-corrected chi connectivity index (χ1v) is 17.6. The van der Waals surface area contributed by atoms with Gasteiger partial charge in [0.2, 0.25) is 0 Å². The molecule has 2 aliphatic rings. The van der Waals surface area contributed by atoms with Gasteiger partial charge >= 0.3 is 0 Å². The summed E-state index contributed by atoms with van der Waals surface area (Å²) in [6.45, 7) is 9.34. The molecular formula is C48H40N2. The molecule has 7 aromatic carbocycles. The predicted octanol–water partition coefficient (Wildman–Crippen LogP) is 13.2. The molecule has 0 aliphatic heterocycles. The Hall–Kier alpha value is -5.86. The van der Waals surface area contributed by atoms with E-state index in [1.165, 1.54) is 55.6 Å². The highest BCUT2D eigenvalue weighted by Crippen LogP contribution is 2.51. The minimum atomic E-state index is -0.0574. The van der Waals surface area contributed by atoms with E-state index in [2.05, 4.69) is 202 Å². The van der Waals surface area contributed by atoms with Gasteiger partial charge in [0.25, 0.3) is 0 Å². The van der Waals surface area contributed by atoms with Crippen LogP contribution in [0.2, 0.25) is 0 Å². The number of hydrogen-bond acceptors (Lipinski definition) is 2. The molecule has 0 radical (unpaired) electrons. The van der Waals surface area contributed by atoms with Gasteiger partial charge in [-0.25, -0.2) is 0 Å². The lowest BCUT2D eigenvalue weighted by molar-refractivity contribution is 0.660.